The minimum atomic E-state index is -0.678. The van der Waals surface area contributed by atoms with E-state index in [9.17, 15) is 9.59 Å². The Morgan fingerprint density at radius 1 is 1.32 bits per heavy atom. The standard InChI is InChI=1S/C26H30BrN7O5S/c1-14(2)39-26(36)30-15(3)24(35)33-7-4-16(5-8-33)6-9-34-12-29-22(28)21-23(34)32-25(31-21)40-20-11-19-18(10-17(20)27)37-13-38-19/h10-12,15-16,28H,1,4-9,13H2,2-3H3,(H,30,36)(H,31,32)/t15-/m0/s1. The Bertz CT molecular complexity index is 1520. The zero-order valence-electron chi connectivity index (χ0n) is 22.2. The number of amides is 2. The summed E-state index contributed by atoms with van der Waals surface area (Å²) in [6, 6.07) is 3.10. The van der Waals surface area contributed by atoms with E-state index in [0.29, 0.717) is 53.4 Å². The van der Waals surface area contributed by atoms with Gasteiger partial charge in [-0.15, -0.1) is 0 Å². The Morgan fingerprint density at radius 2 is 2.05 bits per heavy atom. The van der Waals surface area contributed by atoms with Gasteiger partial charge in [-0.1, -0.05) is 18.3 Å². The first-order valence-corrected chi connectivity index (χ1v) is 14.5. The van der Waals surface area contributed by atoms with Gasteiger partial charge >= 0.3 is 6.09 Å². The van der Waals surface area contributed by atoms with Crippen molar-refractivity contribution < 1.29 is 23.8 Å². The lowest BCUT2D eigenvalue weighted by molar-refractivity contribution is -0.134. The maximum Gasteiger partial charge on any atom is 0.412 e. The molecule has 1 fully saturated rings. The van der Waals surface area contributed by atoms with Crippen LogP contribution in [0.3, 0.4) is 0 Å². The zero-order chi connectivity index (χ0) is 28.4. The zero-order valence-corrected chi connectivity index (χ0v) is 24.6. The number of fused-ring (bicyclic) bond motifs is 2. The number of aromatic nitrogens is 4. The number of allylic oxidation sites excluding steroid dienone is 1. The Labute approximate surface area is 243 Å². The number of hydrogen-bond donors (Lipinski definition) is 3. The van der Waals surface area contributed by atoms with Crippen molar-refractivity contribution in [1.29, 1.82) is 5.41 Å². The third kappa shape index (κ3) is 6.28. The smallest absolute Gasteiger partial charge is 0.412 e. The van der Waals surface area contributed by atoms with Gasteiger partial charge in [0.15, 0.2) is 27.8 Å². The van der Waals surface area contributed by atoms with Crippen LogP contribution in [0.2, 0.25) is 0 Å². The summed E-state index contributed by atoms with van der Waals surface area (Å²) in [7, 11) is 0. The highest BCUT2D eigenvalue weighted by Crippen LogP contribution is 2.42. The number of carbonyl (C=O) groups excluding carboxylic acids is 2. The molecule has 212 valence electrons. The predicted octanol–water partition coefficient (Wildman–Crippen LogP) is 4.16. The molecule has 0 unspecified atom stereocenters. The fourth-order valence-electron chi connectivity index (χ4n) is 4.72. The van der Waals surface area contributed by atoms with Crippen LogP contribution in [0.5, 0.6) is 11.5 Å². The third-order valence-corrected chi connectivity index (χ3v) is 8.67. The van der Waals surface area contributed by atoms with Gasteiger partial charge in [0, 0.05) is 29.0 Å². The van der Waals surface area contributed by atoms with Crippen LogP contribution in [0.25, 0.3) is 11.2 Å². The van der Waals surface area contributed by atoms with Crippen molar-refractivity contribution in [2.45, 2.75) is 55.7 Å². The average Bonchev–Trinajstić information content (AvgIpc) is 3.55. The number of ether oxygens (including phenoxy) is 3. The van der Waals surface area contributed by atoms with Crippen molar-refractivity contribution in [3.63, 3.8) is 0 Å². The summed E-state index contributed by atoms with van der Waals surface area (Å²) in [5.41, 5.74) is 1.39. The van der Waals surface area contributed by atoms with Crippen molar-refractivity contribution in [1.82, 2.24) is 29.7 Å². The first-order valence-electron chi connectivity index (χ1n) is 12.9. The molecule has 3 aromatic rings. The molecular weight excluding hydrogens is 602 g/mol. The van der Waals surface area contributed by atoms with Crippen LogP contribution in [0, 0.1) is 11.3 Å². The summed E-state index contributed by atoms with van der Waals surface area (Å²) in [4.78, 5) is 39.5. The molecule has 1 aromatic carbocycles. The molecule has 40 heavy (non-hydrogen) atoms. The summed E-state index contributed by atoms with van der Waals surface area (Å²) < 4.78 is 18.6. The Hall–Kier alpha value is -3.52. The average molecular weight is 633 g/mol. The number of nitrogens with zero attached hydrogens (tertiary/aromatic N) is 4. The van der Waals surface area contributed by atoms with Crippen molar-refractivity contribution in [2.24, 2.45) is 5.92 Å². The van der Waals surface area contributed by atoms with Crippen molar-refractivity contribution >= 4 is 50.9 Å². The summed E-state index contributed by atoms with van der Waals surface area (Å²) >= 11 is 5.02. The number of carbonyl (C=O) groups is 2. The molecule has 3 N–H and O–H groups in total. The van der Waals surface area contributed by atoms with E-state index in [2.05, 4.69) is 37.8 Å². The molecular formula is C26H30BrN7O5S. The molecule has 2 aromatic heterocycles. The molecule has 5 rings (SSSR count). The molecule has 2 aliphatic heterocycles. The summed E-state index contributed by atoms with van der Waals surface area (Å²) in [6.07, 6.45) is 3.60. The van der Waals surface area contributed by atoms with E-state index < -0.39 is 12.1 Å². The van der Waals surface area contributed by atoms with E-state index in [1.165, 1.54) is 11.8 Å². The fraction of sp³-hybridized carbons (Fsp3) is 0.423. The number of nitrogens with one attached hydrogen (secondary N) is 3. The number of benzene rings is 1. The summed E-state index contributed by atoms with van der Waals surface area (Å²) in [5.74, 6) is 1.95. The molecule has 2 aliphatic rings. The maximum absolute atomic E-state index is 12.8. The molecule has 0 aliphatic carbocycles. The number of rotatable bonds is 8. The van der Waals surface area contributed by atoms with E-state index >= 15 is 0 Å². The van der Waals surface area contributed by atoms with E-state index in [0.717, 1.165) is 28.6 Å². The van der Waals surface area contributed by atoms with Crippen LogP contribution in [0.1, 0.15) is 33.1 Å². The first kappa shape index (κ1) is 28.0. The molecule has 1 atom stereocenters. The maximum atomic E-state index is 12.8. The first-order chi connectivity index (χ1) is 19.2. The minimum Gasteiger partial charge on any atom is -0.454 e. The molecule has 0 saturated carbocycles. The molecule has 0 spiro atoms. The lowest BCUT2D eigenvalue weighted by atomic mass is 9.93. The lowest BCUT2D eigenvalue weighted by Crippen LogP contribution is -2.49. The van der Waals surface area contributed by atoms with Gasteiger partial charge < -0.3 is 34.0 Å². The van der Waals surface area contributed by atoms with Crippen molar-refractivity contribution in [2.75, 3.05) is 19.9 Å². The predicted molar refractivity (Wildman–Crippen MR) is 150 cm³/mol. The van der Waals surface area contributed by atoms with Gasteiger partial charge in [0.25, 0.3) is 0 Å². The number of aryl methyl sites for hydroxylation is 1. The number of H-pyrrole nitrogens is 1. The SMILES string of the molecule is C=C(C)OC(=O)N[C@@H](C)C(=O)N1CCC(CCn2cnc(=N)c3[nH]c(Sc4cc5c(cc4Br)OCO5)nc32)CC1. The number of imidazole rings is 1. The summed E-state index contributed by atoms with van der Waals surface area (Å²) in [6.45, 7) is 8.90. The molecule has 12 nitrogen and oxygen atoms in total. The monoisotopic (exact) mass is 631 g/mol. The van der Waals surface area contributed by atoms with Crippen LogP contribution in [-0.4, -0.2) is 62.3 Å². The molecule has 0 radical (unpaired) electrons. The van der Waals surface area contributed by atoms with Gasteiger partial charge in [-0.3, -0.25) is 10.2 Å². The number of hydrogen-bond acceptors (Lipinski definition) is 9. The molecule has 1 saturated heterocycles. The Balaban J connectivity index is 1.19. The number of piperidine rings is 1. The second kappa shape index (κ2) is 11.9. The normalized spacial score (nSPS) is 15.7. The number of alkyl carbamates (subject to hydrolysis) is 1. The largest absolute Gasteiger partial charge is 0.454 e. The molecule has 2 amide bonds. The van der Waals surface area contributed by atoms with Gasteiger partial charge in [-0.2, -0.15) is 0 Å². The van der Waals surface area contributed by atoms with Gasteiger partial charge in [0.2, 0.25) is 12.7 Å². The topological polar surface area (TPSA) is 147 Å². The highest BCUT2D eigenvalue weighted by Gasteiger charge is 2.27. The molecule has 0 bridgehead atoms. The minimum absolute atomic E-state index is 0.126. The highest BCUT2D eigenvalue weighted by atomic mass is 79.9. The fourth-order valence-corrected chi connectivity index (χ4v) is 6.10. The second-order valence-electron chi connectivity index (χ2n) is 9.78. The number of halogens is 1. The quantitative estimate of drug-likeness (QED) is 0.314. The third-order valence-electron chi connectivity index (χ3n) is 6.81. The van der Waals surface area contributed by atoms with E-state index in [-0.39, 0.29) is 23.9 Å². The van der Waals surface area contributed by atoms with Crippen LogP contribution >= 0.6 is 27.7 Å². The Kier molecular flexibility index (Phi) is 8.35. The van der Waals surface area contributed by atoms with Gasteiger partial charge in [-0.25, -0.2) is 14.8 Å². The molecule has 14 heteroatoms. The van der Waals surface area contributed by atoms with Crippen LogP contribution in [-0.2, 0) is 16.1 Å². The highest BCUT2D eigenvalue weighted by molar-refractivity contribution is 9.10. The Morgan fingerprint density at radius 3 is 2.77 bits per heavy atom. The van der Waals surface area contributed by atoms with Gasteiger partial charge in [0.1, 0.15) is 11.6 Å². The van der Waals surface area contributed by atoms with Crippen molar-refractivity contribution in [3.8, 4) is 11.5 Å². The van der Waals surface area contributed by atoms with E-state index in [4.69, 9.17) is 24.6 Å². The van der Waals surface area contributed by atoms with Gasteiger partial charge in [-0.05, 0) is 67.1 Å². The number of aromatic amines is 1. The van der Waals surface area contributed by atoms with Crippen molar-refractivity contribution in [3.05, 3.63) is 40.8 Å². The number of likely N-dealkylation sites (tertiary alicyclic amines) is 1. The van der Waals surface area contributed by atoms with Crippen LogP contribution in [0.15, 0.2) is 45.3 Å². The lowest BCUT2D eigenvalue weighted by Gasteiger charge is -2.33. The molecule has 4 heterocycles. The van der Waals surface area contributed by atoms with Crippen LogP contribution < -0.4 is 20.3 Å². The second-order valence-corrected chi connectivity index (χ2v) is 11.7. The summed E-state index contributed by atoms with van der Waals surface area (Å²) in [5, 5.41) is 11.5. The van der Waals surface area contributed by atoms with E-state index in [1.807, 2.05) is 16.7 Å². The van der Waals surface area contributed by atoms with Crippen LogP contribution in [0.4, 0.5) is 4.79 Å². The van der Waals surface area contributed by atoms with Gasteiger partial charge in [0.05, 0.1) is 12.1 Å². The van der Waals surface area contributed by atoms with E-state index in [1.54, 1.807) is 25.1 Å².